The highest BCUT2D eigenvalue weighted by molar-refractivity contribution is 5.91. The van der Waals surface area contributed by atoms with Crippen molar-refractivity contribution in [1.29, 1.82) is 0 Å². The van der Waals surface area contributed by atoms with Crippen molar-refractivity contribution in [3.8, 4) is 0 Å². The summed E-state index contributed by atoms with van der Waals surface area (Å²) in [6.07, 6.45) is -0.881. The summed E-state index contributed by atoms with van der Waals surface area (Å²) in [5.41, 5.74) is -0.00202. The average Bonchev–Trinajstić information content (AvgIpc) is 2.57. The first-order chi connectivity index (χ1) is 8.47. The third kappa shape index (κ3) is 2.42. The number of aromatic nitrogens is 1. The largest absolute Gasteiger partial charge is 0.460 e. The van der Waals surface area contributed by atoms with E-state index in [1.165, 1.54) is 6.07 Å². The fraction of sp³-hybridized carbons (Fsp3) is 0.417. The summed E-state index contributed by atoms with van der Waals surface area (Å²) in [7, 11) is 0. The summed E-state index contributed by atoms with van der Waals surface area (Å²) in [6.45, 7) is 3.41. The predicted octanol–water partition coefficient (Wildman–Crippen LogP) is 0.544. The highest BCUT2D eigenvalue weighted by atomic mass is 16.6. The number of carbonyl (C=O) groups is 2. The normalized spacial score (nSPS) is 22.7. The molecule has 2 atom stereocenters. The van der Waals surface area contributed by atoms with Gasteiger partial charge in [0.05, 0.1) is 0 Å². The molecule has 2 rings (SSSR count). The van der Waals surface area contributed by atoms with Crippen LogP contribution >= 0.6 is 0 Å². The van der Waals surface area contributed by atoms with Gasteiger partial charge in [-0.15, -0.1) is 0 Å². The molecule has 6 nitrogen and oxygen atoms in total. The van der Waals surface area contributed by atoms with Crippen molar-refractivity contribution < 1.29 is 19.1 Å². The first-order valence-corrected chi connectivity index (χ1v) is 5.59. The number of aryl methyl sites for hydroxylation is 1. The molecule has 1 aromatic heterocycles. The molecule has 0 aliphatic carbocycles. The Bertz CT molecular complexity index is 548. The second-order valence-corrected chi connectivity index (χ2v) is 4.26. The van der Waals surface area contributed by atoms with Crippen LogP contribution in [-0.2, 0) is 14.3 Å². The second kappa shape index (κ2) is 4.64. The minimum absolute atomic E-state index is 0.118. The number of ether oxygens (including phenoxy) is 2. The number of pyridine rings is 1. The lowest BCUT2D eigenvalue weighted by molar-refractivity contribution is -0.147. The number of carbonyl (C=O) groups excluding carboxylic acids is 2. The summed E-state index contributed by atoms with van der Waals surface area (Å²) < 4.78 is 9.83. The number of hydrogen-bond acceptors (Lipinski definition) is 5. The molecule has 0 amide bonds. The highest BCUT2D eigenvalue weighted by Crippen LogP contribution is 2.18. The summed E-state index contributed by atoms with van der Waals surface area (Å²) in [5, 5.41) is 0. The smallest absolute Gasteiger partial charge is 0.347 e. The molecule has 1 fully saturated rings. The van der Waals surface area contributed by atoms with Gasteiger partial charge in [-0.3, -0.25) is 4.79 Å². The van der Waals surface area contributed by atoms with Gasteiger partial charge in [0, 0.05) is 12.1 Å². The van der Waals surface area contributed by atoms with Gasteiger partial charge < -0.3 is 14.5 Å². The van der Waals surface area contributed by atoms with Crippen molar-refractivity contribution in [2.45, 2.75) is 32.5 Å². The van der Waals surface area contributed by atoms with E-state index in [-0.39, 0.29) is 11.7 Å². The highest BCUT2D eigenvalue weighted by Gasteiger charge is 2.35. The van der Waals surface area contributed by atoms with E-state index in [2.05, 4.69) is 4.98 Å². The molecule has 0 bridgehead atoms. The van der Waals surface area contributed by atoms with Crippen molar-refractivity contribution >= 4 is 11.9 Å². The molecule has 0 aromatic carbocycles. The summed E-state index contributed by atoms with van der Waals surface area (Å²) in [4.78, 5) is 37.1. The Hall–Kier alpha value is -2.11. The van der Waals surface area contributed by atoms with E-state index < -0.39 is 23.6 Å². The second-order valence-electron chi connectivity index (χ2n) is 4.26. The van der Waals surface area contributed by atoms with Crippen molar-refractivity contribution in [1.82, 2.24) is 4.98 Å². The van der Waals surface area contributed by atoms with Gasteiger partial charge in [0.15, 0.2) is 0 Å². The van der Waals surface area contributed by atoms with Gasteiger partial charge in [0.1, 0.15) is 11.7 Å². The molecule has 0 spiro atoms. The topological polar surface area (TPSA) is 85.5 Å². The van der Waals surface area contributed by atoms with Crippen LogP contribution in [0.25, 0.3) is 0 Å². The summed E-state index contributed by atoms with van der Waals surface area (Å²) in [6, 6.07) is 2.97. The van der Waals surface area contributed by atoms with Crippen molar-refractivity contribution in [3.05, 3.63) is 33.7 Å². The van der Waals surface area contributed by atoms with Gasteiger partial charge in [0.2, 0.25) is 6.10 Å². The Morgan fingerprint density at radius 1 is 1.44 bits per heavy atom. The van der Waals surface area contributed by atoms with Gasteiger partial charge in [-0.25, -0.2) is 9.59 Å². The number of cyclic esters (lactones) is 1. The van der Waals surface area contributed by atoms with Crippen LogP contribution in [0, 0.1) is 6.92 Å². The molecular weight excluding hydrogens is 238 g/mol. The first kappa shape index (κ1) is 12.3. The number of H-pyrrole nitrogens is 1. The predicted molar refractivity (Wildman–Crippen MR) is 61.2 cm³/mol. The van der Waals surface area contributed by atoms with E-state index in [4.69, 9.17) is 9.47 Å². The molecular formula is C12H13NO5. The maximum Gasteiger partial charge on any atom is 0.347 e. The van der Waals surface area contributed by atoms with Crippen LogP contribution in [0.4, 0.5) is 0 Å². The number of esters is 2. The maximum atomic E-state index is 11.7. The fourth-order valence-corrected chi connectivity index (χ4v) is 1.74. The van der Waals surface area contributed by atoms with Gasteiger partial charge in [-0.05, 0) is 26.0 Å². The molecule has 1 N–H and O–H groups in total. The minimum Gasteiger partial charge on any atom is -0.460 e. The Morgan fingerprint density at radius 3 is 2.72 bits per heavy atom. The van der Waals surface area contributed by atoms with E-state index in [9.17, 15) is 14.4 Å². The molecule has 18 heavy (non-hydrogen) atoms. The van der Waals surface area contributed by atoms with E-state index in [1.807, 2.05) is 0 Å². The summed E-state index contributed by atoms with van der Waals surface area (Å²) in [5.74, 6) is -1.38. The molecule has 1 aliphatic rings. The lowest BCUT2D eigenvalue weighted by Gasteiger charge is -2.07. The molecule has 0 radical (unpaired) electrons. The number of rotatable bonds is 2. The van der Waals surface area contributed by atoms with Crippen molar-refractivity contribution in [3.63, 3.8) is 0 Å². The van der Waals surface area contributed by atoms with Gasteiger partial charge in [-0.2, -0.15) is 0 Å². The molecule has 1 aliphatic heterocycles. The van der Waals surface area contributed by atoms with Crippen LogP contribution in [0.2, 0.25) is 0 Å². The number of aromatic amines is 1. The summed E-state index contributed by atoms with van der Waals surface area (Å²) >= 11 is 0. The molecule has 96 valence electrons. The van der Waals surface area contributed by atoms with E-state index in [1.54, 1.807) is 19.9 Å². The number of nitrogens with one attached hydrogen (secondary N) is 1. The Kier molecular flexibility index (Phi) is 3.18. The van der Waals surface area contributed by atoms with E-state index >= 15 is 0 Å². The van der Waals surface area contributed by atoms with E-state index in [0.717, 1.165) is 0 Å². The molecule has 1 aromatic rings. The lowest BCUT2D eigenvalue weighted by Crippen LogP contribution is -2.27. The minimum atomic E-state index is -0.923. The van der Waals surface area contributed by atoms with Crippen molar-refractivity contribution in [2.24, 2.45) is 0 Å². The number of hydrogen-bond donors (Lipinski definition) is 1. The van der Waals surface area contributed by atoms with Crippen LogP contribution in [0.3, 0.4) is 0 Å². The molecule has 0 saturated carbocycles. The van der Waals surface area contributed by atoms with E-state index in [0.29, 0.717) is 12.1 Å². The van der Waals surface area contributed by atoms with Crippen LogP contribution in [0.1, 0.15) is 29.4 Å². The third-order valence-electron chi connectivity index (χ3n) is 2.65. The lowest BCUT2D eigenvalue weighted by atomic mass is 10.2. The van der Waals surface area contributed by atoms with Gasteiger partial charge in [-0.1, -0.05) is 0 Å². The maximum absolute atomic E-state index is 11.7. The quantitative estimate of drug-likeness (QED) is 0.775. The van der Waals surface area contributed by atoms with Crippen LogP contribution in [0.5, 0.6) is 0 Å². The van der Waals surface area contributed by atoms with Gasteiger partial charge in [0.25, 0.3) is 5.56 Å². The monoisotopic (exact) mass is 251 g/mol. The van der Waals surface area contributed by atoms with Crippen LogP contribution in [0.15, 0.2) is 16.9 Å². The Morgan fingerprint density at radius 2 is 2.17 bits per heavy atom. The fourth-order valence-electron chi connectivity index (χ4n) is 1.74. The molecule has 0 unspecified atom stereocenters. The zero-order valence-electron chi connectivity index (χ0n) is 10.1. The first-order valence-electron chi connectivity index (χ1n) is 5.59. The van der Waals surface area contributed by atoms with Crippen LogP contribution < -0.4 is 5.56 Å². The Balaban J connectivity index is 2.13. The zero-order valence-corrected chi connectivity index (χ0v) is 10.1. The Labute approximate surface area is 103 Å². The standard InChI is InChI=1S/C12H13NO5/c1-6-3-4-8(10(14)13-6)11(15)18-9-5-7(2)17-12(9)16/h3-4,7,9H,5H2,1-2H3,(H,13,14)/t7-,9-/m1/s1. The van der Waals surface area contributed by atoms with Gasteiger partial charge >= 0.3 is 11.9 Å². The third-order valence-corrected chi connectivity index (χ3v) is 2.65. The molecule has 6 heteroatoms. The van der Waals surface area contributed by atoms with Crippen molar-refractivity contribution in [2.75, 3.05) is 0 Å². The van der Waals surface area contributed by atoms with Crippen LogP contribution in [-0.4, -0.2) is 29.1 Å². The SMILES string of the molecule is Cc1ccc(C(=O)O[C@@H]2C[C@@H](C)OC2=O)c(=O)[nH]1. The molecule has 2 heterocycles. The average molecular weight is 251 g/mol. The zero-order chi connectivity index (χ0) is 13.3. The molecule has 1 saturated heterocycles.